The molecule has 40 heavy (non-hydrogen) atoms. The molecule has 0 bridgehead atoms. The van der Waals surface area contributed by atoms with Crippen LogP contribution in [0.5, 0.6) is 0 Å². The standard InChI is InChI=1S/C30H32ClFN6OS/c1-18-25(31)23(8-12-33-18)26-19(2)35-28(24-9-13-34-38(24)26)37-14-10-30(11-15-37)17-20-16-21(32)6-7-22(20)27(30)36-40(39)29(3,4)5/h6-9,12-13,16H,10-11,14-15,17H2,1-5H3. The van der Waals surface area contributed by atoms with Crippen molar-refractivity contribution in [2.75, 3.05) is 18.0 Å². The van der Waals surface area contributed by atoms with Crippen molar-refractivity contribution >= 4 is 39.6 Å². The highest BCUT2D eigenvalue weighted by molar-refractivity contribution is 7.85. The fourth-order valence-electron chi connectivity index (χ4n) is 5.95. The maximum absolute atomic E-state index is 14.2. The van der Waals surface area contributed by atoms with E-state index in [4.69, 9.17) is 21.0 Å². The number of hydrogen-bond donors (Lipinski definition) is 0. The summed E-state index contributed by atoms with van der Waals surface area (Å²) >= 11 is 6.65. The SMILES string of the molecule is Cc1nccc(-c2c(C)nc(N3CCC4(CC3)Cc3cc(F)ccc3C4=NS(=O)C(C)(C)C)c3ccnn23)c1Cl. The summed E-state index contributed by atoms with van der Waals surface area (Å²) in [4.78, 5) is 11.7. The monoisotopic (exact) mass is 578 g/mol. The van der Waals surface area contributed by atoms with Crippen LogP contribution in [0.1, 0.15) is 56.1 Å². The van der Waals surface area contributed by atoms with Crippen molar-refractivity contribution < 1.29 is 8.60 Å². The lowest BCUT2D eigenvalue weighted by Crippen LogP contribution is -2.44. The van der Waals surface area contributed by atoms with Crippen molar-refractivity contribution in [1.29, 1.82) is 0 Å². The molecule has 3 aromatic heterocycles. The van der Waals surface area contributed by atoms with Crippen LogP contribution in [0.15, 0.2) is 47.1 Å². The fraction of sp³-hybridized carbons (Fsp3) is 0.400. The van der Waals surface area contributed by atoms with E-state index in [1.165, 1.54) is 6.07 Å². The third-order valence-electron chi connectivity index (χ3n) is 8.09. The lowest BCUT2D eigenvalue weighted by Gasteiger charge is -2.40. The second-order valence-electron chi connectivity index (χ2n) is 11.8. The van der Waals surface area contributed by atoms with E-state index in [1.807, 2.05) is 51.3 Å². The van der Waals surface area contributed by atoms with E-state index in [1.54, 1.807) is 24.5 Å². The molecule has 4 aromatic rings. The van der Waals surface area contributed by atoms with Crippen LogP contribution in [0, 0.1) is 25.1 Å². The van der Waals surface area contributed by atoms with Gasteiger partial charge in [-0.2, -0.15) is 9.50 Å². The molecular weight excluding hydrogens is 547 g/mol. The van der Waals surface area contributed by atoms with Crippen LogP contribution in [0.25, 0.3) is 16.8 Å². The minimum atomic E-state index is -1.41. The van der Waals surface area contributed by atoms with Crippen LogP contribution < -0.4 is 4.90 Å². The van der Waals surface area contributed by atoms with E-state index < -0.39 is 15.7 Å². The number of aryl methyl sites for hydroxylation is 2. The van der Waals surface area contributed by atoms with E-state index in [0.717, 1.165) is 76.7 Å². The zero-order valence-corrected chi connectivity index (χ0v) is 24.9. The Kier molecular flexibility index (Phi) is 6.57. The van der Waals surface area contributed by atoms with Gasteiger partial charge in [-0.3, -0.25) is 4.98 Å². The number of nitrogens with zero attached hydrogens (tertiary/aromatic N) is 6. The number of anilines is 1. The maximum Gasteiger partial charge on any atom is 0.155 e. The minimum absolute atomic E-state index is 0.253. The second-order valence-corrected chi connectivity index (χ2v) is 14.1. The normalized spacial score (nSPS) is 18.6. The average molecular weight is 579 g/mol. The molecule has 1 fully saturated rings. The first-order chi connectivity index (χ1) is 19.0. The van der Waals surface area contributed by atoms with Gasteiger partial charge >= 0.3 is 0 Å². The highest BCUT2D eigenvalue weighted by atomic mass is 35.5. The number of fused-ring (bicyclic) bond motifs is 2. The lowest BCUT2D eigenvalue weighted by molar-refractivity contribution is 0.330. The summed E-state index contributed by atoms with van der Waals surface area (Å²) in [6.45, 7) is 11.1. The van der Waals surface area contributed by atoms with Crippen molar-refractivity contribution in [2.45, 2.75) is 58.6 Å². The second kappa shape index (κ2) is 9.73. The van der Waals surface area contributed by atoms with Gasteiger partial charge in [-0.1, -0.05) is 11.6 Å². The summed E-state index contributed by atoms with van der Waals surface area (Å²) < 4.78 is 33.6. The Bertz CT molecular complexity index is 1700. The van der Waals surface area contributed by atoms with Crippen molar-refractivity contribution in [3.8, 4) is 11.3 Å². The molecule has 0 amide bonds. The molecule has 0 saturated carbocycles. The number of pyridine rings is 1. The summed E-state index contributed by atoms with van der Waals surface area (Å²) in [7, 11) is -1.41. The highest BCUT2D eigenvalue weighted by Gasteiger charge is 2.46. The topological polar surface area (TPSA) is 75.8 Å². The number of halogens is 2. The lowest BCUT2D eigenvalue weighted by atomic mass is 9.74. The van der Waals surface area contributed by atoms with Gasteiger partial charge in [0.2, 0.25) is 0 Å². The van der Waals surface area contributed by atoms with Crippen LogP contribution in [0.3, 0.4) is 0 Å². The van der Waals surface area contributed by atoms with Crippen molar-refractivity contribution in [3.05, 3.63) is 76.1 Å². The van der Waals surface area contributed by atoms with Crippen LogP contribution in [-0.4, -0.2) is 47.3 Å². The van der Waals surface area contributed by atoms with Crippen LogP contribution in [0.2, 0.25) is 5.02 Å². The van der Waals surface area contributed by atoms with Gasteiger partial charge in [0.05, 0.1) is 38.8 Å². The number of aromatic nitrogens is 4. The molecule has 1 unspecified atom stereocenters. The van der Waals surface area contributed by atoms with Gasteiger partial charge in [-0.05, 0) is 89.8 Å². The van der Waals surface area contributed by atoms with Crippen molar-refractivity contribution in [1.82, 2.24) is 19.6 Å². The largest absolute Gasteiger partial charge is 0.355 e. The molecule has 1 spiro atoms. The molecule has 10 heteroatoms. The predicted molar refractivity (Wildman–Crippen MR) is 159 cm³/mol. The molecule has 0 N–H and O–H groups in total. The number of hydrogen-bond acceptors (Lipinski definition) is 5. The molecular formula is C30H32ClFN6OS. The van der Waals surface area contributed by atoms with Crippen molar-refractivity contribution in [3.63, 3.8) is 0 Å². The van der Waals surface area contributed by atoms with Gasteiger partial charge in [0.25, 0.3) is 0 Å². The Hall–Kier alpha value is -3.17. The molecule has 0 radical (unpaired) electrons. The van der Waals surface area contributed by atoms with Gasteiger partial charge in [-0.25, -0.2) is 18.1 Å². The zero-order chi connectivity index (χ0) is 28.4. The Morgan fingerprint density at radius 3 is 2.52 bits per heavy atom. The van der Waals surface area contributed by atoms with Crippen LogP contribution in [-0.2, 0) is 17.4 Å². The van der Waals surface area contributed by atoms with Gasteiger partial charge in [0, 0.05) is 35.8 Å². The highest BCUT2D eigenvalue weighted by Crippen LogP contribution is 2.47. The van der Waals surface area contributed by atoms with E-state index >= 15 is 0 Å². The molecule has 2 aliphatic rings. The van der Waals surface area contributed by atoms with Crippen molar-refractivity contribution in [2.24, 2.45) is 9.81 Å². The van der Waals surface area contributed by atoms with Gasteiger partial charge in [0.1, 0.15) is 22.3 Å². The fourth-order valence-corrected chi connectivity index (χ4v) is 6.88. The Labute approximate surface area is 241 Å². The molecule has 1 aliphatic heterocycles. The first kappa shape index (κ1) is 27.0. The first-order valence-corrected chi connectivity index (χ1v) is 15.0. The maximum atomic E-state index is 14.2. The third-order valence-corrected chi connectivity index (χ3v) is 9.96. The van der Waals surface area contributed by atoms with E-state index in [9.17, 15) is 8.60 Å². The Morgan fingerprint density at radius 2 is 1.80 bits per heavy atom. The smallest absolute Gasteiger partial charge is 0.155 e. The first-order valence-electron chi connectivity index (χ1n) is 13.5. The average Bonchev–Trinajstić information content (AvgIpc) is 3.49. The minimum Gasteiger partial charge on any atom is -0.355 e. The third kappa shape index (κ3) is 4.43. The molecule has 1 aromatic carbocycles. The van der Waals surface area contributed by atoms with Gasteiger partial charge in [0.15, 0.2) is 5.82 Å². The molecule has 208 valence electrons. The molecule has 7 nitrogen and oxygen atoms in total. The molecule has 4 heterocycles. The van der Waals surface area contributed by atoms with Crippen LogP contribution >= 0.6 is 11.6 Å². The number of rotatable bonds is 3. The Balaban J connectivity index is 1.36. The zero-order valence-electron chi connectivity index (χ0n) is 23.3. The summed E-state index contributed by atoms with van der Waals surface area (Å²) in [5, 5.41) is 5.23. The molecule has 1 aliphatic carbocycles. The molecule has 1 atom stereocenters. The molecule has 1 saturated heterocycles. The quantitative estimate of drug-likeness (QED) is 0.285. The summed E-state index contributed by atoms with van der Waals surface area (Å²) in [5.74, 6) is 0.616. The predicted octanol–water partition coefficient (Wildman–Crippen LogP) is 6.29. The van der Waals surface area contributed by atoms with E-state index in [2.05, 4.69) is 15.0 Å². The summed E-state index contributed by atoms with van der Waals surface area (Å²) in [5.41, 5.74) is 6.61. The number of benzene rings is 1. The Morgan fingerprint density at radius 1 is 1.05 bits per heavy atom. The molecule has 6 rings (SSSR count). The summed E-state index contributed by atoms with van der Waals surface area (Å²) in [6.07, 6.45) is 5.82. The summed E-state index contributed by atoms with van der Waals surface area (Å²) in [6, 6.07) is 8.76. The van der Waals surface area contributed by atoms with Gasteiger partial charge < -0.3 is 4.90 Å². The number of piperidine rings is 1. The van der Waals surface area contributed by atoms with E-state index in [0.29, 0.717) is 11.4 Å². The van der Waals surface area contributed by atoms with Crippen LogP contribution in [0.4, 0.5) is 10.2 Å². The van der Waals surface area contributed by atoms with E-state index in [-0.39, 0.29) is 11.2 Å². The van der Waals surface area contributed by atoms with Gasteiger partial charge in [-0.15, -0.1) is 0 Å².